The number of likely N-dealkylation sites (tertiary alicyclic amines) is 1. The fourth-order valence-corrected chi connectivity index (χ4v) is 3.58. The summed E-state index contributed by atoms with van der Waals surface area (Å²) in [6.45, 7) is 1.24. The highest BCUT2D eigenvalue weighted by Gasteiger charge is 2.42. The minimum atomic E-state index is -0.866. The van der Waals surface area contributed by atoms with Crippen LogP contribution in [0.2, 0.25) is 0 Å². The molecule has 1 heterocycles. The zero-order valence-electron chi connectivity index (χ0n) is 12.8. The van der Waals surface area contributed by atoms with E-state index in [-0.39, 0.29) is 30.1 Å². The molecule has 0 spiro atoms. The lowest BCUT2D eigenvalue weighted by Gasteiger charge is -2.43. The van der Waals surface area contributed by atoms with Gasteiger partial charge in [-0.05, 0) is 44.9 Å². The molecular weight excluding hydrogens is 284 g/mol. The molecule has 0 bridgehead atoms. The molecule has 1 atom stereocenters. The van der Waals surface area contributed by atoms with E-state index in [1.165, 1.54) is 0 Å². The molecule has 22 heavy (non-hydrogen) atoms. The number of hydrogen-bond donors (Lipinski definition) is 2. The van der Waals surface area contributed by atoms with Crippen LogP contribution in [0, 0.1) is 11.8 Å². The van der Waals surface area contributed by atoms with E-state index in [0.717, 1.165) is 51.5 Å². The van der Waals surface area contributed by atoms with Crippen LogP contribution in [0.5, 0.6) is 0 Å². The van der Waals surface area contributed by atoms with Crippen molar-refractivity contribution in [3.63, 3.8) is 0 Å². The van der Waals surface area contributed by atoms with Crippen LogP contribution in [0.3, 0.4) is 0 Å². The van der Waals surface area contributed by atoms with Crippen molar-refractivity contribution in [2.75, 3.05) is 13.1 Å². The number of carboxylic acid groups (broad SMARTS) is 1. The van der Waals surface area contributed by atoms with Crippen LogP contribution < -0.4 is 5.32 Å². The topological polar surface area (TPSA) is 86.7 Å². The molecule has 2 N–H and O–H groups in total. The maximum Gasteiger partial charge on any atom is 0.305 e. The highest BCUT2D eigenvalue weighted by molar-refractivity contribution is 5.84. The van der Waals surface area contributed by atoms with Crippen molar-refractivity contribution in [3.05, 3.63) is 0 Å². The smallest absolute Gasteiger partial charge is 0.305 e. The van der Waals surface area contributed by atoms with E-state index in [4.69, 9.17) is 5.11 Å². The fraction of sp³-hybridized carbons (Fsp3) is 0.812. The number of rotatable bonds is 5. The van der Waals surface area contributed by atoms with E-state index in [2.05, 4.69) is 5.32 Å². The average Bonchev–Trinajstić information content (AvgIpc) is 3.28. The Morgan fingerprint density at radius 2 is 1.82 bits per heavy atom. The summed E-state index contributed by atoms with van der Waals surface area (Å²) < 4.78 is 0. The van der Waals surface area contributed by atoms with Crippen LogP contribution in [-0.4, -0.2) is 46.4 Å². The quantitative estimate of drug-likeness (QED) is 0.797. The largest absolute Gasteiger partial charge is 0.481 e. The number of piperidine rings is 1. The Hall–Kier alpha value is -1.59. The molecule has 3 aliphatic rings. The van der Waals surface area contributed by atoms with Crippen LogP contribution in [0.25, 0.3) is 0 Å². The van der Waals surface area contributed by atoms with Crippen molar-refractivity contribution >= 4 is 17.8 Å². The van der Waals surface area contributed by atoms with Crippen LogP contribution in [0.15, 0.2) is 0 Å². The first kappa shape index (κ1) is 15.3. The Bertz CT molecular complexity index is 483. The number of nitrogens with one attached hydrogen (secondary N) is 1. The number of carboxylic acids is 1. The van der Waals surface area contributed by atoms with Gasteiger partial charge < -0.3 is 15.3 Å². The molecule has 2 aliphatic carbocycles. The third-order valence-corrected chi connectivity index (χ3v) is 5.22. The van der Waals surface area contributed by atoms with Gasteiger partial charge in [-0.25, -0.2) is 0 Å². The van der Waals surface area contributed by atoms with Crippen molar-refractivity contribution < 1.29 is 19.5 Å². The van der Waals surface area contributed by atoms with Crippen LogP contribution >= 0.6 is 0 Å². The highest BCUT2D eigenvalue weighted by atomic mass is 16.4. The van der Waals surface area contributed by atoms with Gasteiger partial charge in [-0.3, -0.25) is 14.4 Å². The Kier molecular flexibility index (Phi) is 4.10. The lowest BCUT2D eigenvalue weighted by atomic mass is 9.74. The summed E-state index contributed by atoms with van der Waals surface area (Å²) in [5, 5.41) is 12.0. The molecule has 2 saturated carbocycles. The second-order valence-electron chi connectivity index (χ2n) is 7.09. The molecule has 1 aliphatic heterocycles. The van der Waals surface area contributed by atoms with Gasteiger partial charge in [-0.2, -0.15) is 0 Å². The van der Waals surface area contributed by atoms with Gasteiger partial charge in [-0.15, -0.1) is 0 Å². The van der Waals surface area contributed by atoms with E-state index >= 15 is 0 Å². The van der Waals surface area contributed by atoms with Crippen LogP contribution in [-0.2, 0) is 14.4 Å². The maximum absolute atomic E-state index is 12.5. The van der Waals surface area contributed by atoms with Crippen molar-refractivity contribution in [3.8, 4) is 0 Å². The van der Waals surface area contributed by atoms with E-state index in [9.17, 15) is 14.4 Å². The van der Waals surface area contributed by atoms with Gasteiger partial charge >= 0.3 is 5.97 Å². The normalized spacial score (nSPS) is 26.9. The lowest BCUT2D eigenvalue weighted by molar-refractivity contribution is -0.141. The molecule has 6 nitrogen and oxygen atoms in total. The van der Waals surface area contributed by atoms with Crippen molar-refractivity contribution in [2.45, 2.75) is 56.9 Å². The van der Waals surface area contributed by atoms with Gasteiger partial charge in [0.15, 0.2) is 0 Å². The zero-order valence-corrected chi connectivity index (χ0v) is 12.8. The second-order valence-corrected chi connectivity index (χ2v) is 7.09. The molecule has 1 unspecified atom stereocenters. The first-order valence-corrected chi connectivity index (χ1v) is 8.32. The Labute approximate surface area is 130 Å². The molecule has 0 aromatic carbocycles. The molecule has 0 aromatic rings. The molecule has 1 saturated heterocycles. The number of carbonyl (C=O) groups excluding carboxylic acids is 2. The summed E-state index contributed by atoms with van der Waals surface area (Å²) >= 11 is 0. The Morgan fingerprint density at radius 1 is 1.09 bits per heavy atom. The molecular formula is C16H24N2O4. The van der Waals surface area contributed by atoms with E-state index < -0.39 is 11.5 Å². The number of hydrogen-bond acceptors (Lipinski definition) is 3. The first-order chi connectivity index (χ1) is 10.5. The van der Waals surface area contributed by atoms with Gasteiger partial charge in [0.2, 0.25) is 11.8 Å². The lowest BCUT2D eigenvalue weighted by Crippen LogP contribution is -2.57. The monoisotopic (exact) mass is 308 g/mol. The van der Waals surface area contributed by atoms with Gasteiger partial charge in [0.1, 0.15) is 0 Å². The molecule has 3 rings (SSSR count). The molecule has 6 heteroatoms. The summed E-state index contributed by atoms with van der Waals surface area (Å²) in [6, 6.07) is 0. The van der Waals surface area contributed by atoms with Crippen molar-refractivity contribution in [2.24, 2.45) is 11.8 Å². The molecule has 3 fully saturated rings. The predicted octanol–water partition coefficient (Wildman–Crippen LogP) is 1.15. The number of nitrogens with zero attached hydrogens (tertiary/aromatic N) is 1. The summed E-state index contributed by atoms with van der Waals surface area (Å²) in [5.41, 5.74) is -0.550. The summed E-state index contributed by atoms with van der Waals surface area (Å²) in [7, 11) is 0. The van der Waals surface area contributed by atoms with E-state index in [0.29, 0.717) is 6.54 Å². The number of carbonyl (C=O) groups is 3. The summed E-state index contributed by atoms with van der Waals surface area (Å²) in [5.74, 6) is -0.751. The van der Waals surface area contributed by atoms with Crippen LogP contribution in [0.4, 0.5) is 0 Å². The minimum Gasteiger partial charge on any atom is -0.481 e. The fourth-order valence-electron chi connectivity index (χ4n) is 3.58. The van der Waals surface area contributed by atoms with Gasteiger partial charge in [0.25, 0.3) is 0 Å². The third-order valence-electron chi connectivity index (χ3n) is 5.22. The highest BCUT2D eigenvalue weighted by Crippen LogP contribution is 2.36. The summed E-state index contributed by atoms with van der Waals surface area (Å²) in [4.78, 5) is 37.5. The van der Waals surface area contributed by atoms with E-state index in [1.807, 2.05) is 4.90 Å². The Balaban J connectivity index is 1.57. The SMILES string of the molecule is O=C(O)CC1(NC(=O)C2CCCN(C(=O)C3CC3)C2)CCC1. The second kappa shape index (κ2) is 5.89. The molecule has 0 radical (unpaired) electrons. The van der Waals surface area contributed by atoms with Crippen LogP contribution in [0.1, 0.15) is 51.4 Å². The first-order valence-electron chi connectivity index (χ1n) is 8.32. The minimum absolute atomic E-state index is 0.00379. The Morgan fingerprint density at radius 3 is 2.36 bits per heavy atom. The number of amides is 2. The standard InChI is InChI=1S/C16H24N2O4/c19-13(20)9-16(6-2-7-16)17-14(21)12-3-1-8-18(10-12)15(22)11-4-5-11/h11-12H,1-10H2,(H,17,21)(H,19,20). The molecule has 2 amide bonds. The average molecular weight is 308 g/mol. The molecule has 0 aromatic heterocycles. The van der Waals surface area contributed by atoms with E-state index in [1.54, 1.807) is 0 Å². The zero-order chi connectivity index (χ0) is 15.7. The van der Waals surface area contributed by atoms with Gasteiger partial charge in [-0.1, -0.05) is 0 Å². The number of aliphatic carboxylic acids is 1. The molecule has 122 valence electrons. The van der Waals surface area contributed by atoms with Crippen molar-refractivity contribution in [1.82, 2.24) is 10.2 Å². The maximum atomic E-state index is 12.5. The third kappa shape index (κ3) is 3.25. The van der Waals surface area contributed by atoms with Gasteiger partial charge in [0, 0.05) is 19.0 Å². The van der Waals surface area contributed by atoms with Gasteiger partial charge in [0.05, 0.1) is 17.9 Å². The summed E-state index contributed by atoms with van der Waals surface area (Å²) in [6.07, 6.45) is 6.03. The van der Waals surface area contributed by atoms with Crippen molar-refractivity contribution in [1.29, 1.82) is 0 Å². The predicted molar refractivity (Wildman–Crippen MR) is 79.0 cm³/mol.